The van der Waals surface area contributed by atoms with Crippen LogP contribution in [0.1, 0.15) is 11.3 Å². The lowest BCUT2D eigenvalue weighted by molar-refractivity contribution is -0.275. The van der Waals surface area contributed by atoms with Gasteiger partial charge in [0.15, 0.2) is 5.75 Å². The molecule has 0 aliphatic carbocycles. The predicted octanol–water partition coefficient (Wildman–Crippen LogP) is 2.08. The summed E-state index contributed by atoms with van der Waals surface area (Å²) >= 11 is 5.48. The first-order valence-electron chi connectivity index (χ1n) is 4.31. The lowest BCUT2D eigenvalue weighted by atomic mass is 10.1. The fraction of sp³-hybridized carbons (Fsp3) is 0.333. The monoisotopic (exact) mass is 266 g/mol. The second-order valence-electron chi connectivity index (χ2n) is 2.96. The molecule has 1 heterocycles. The summed E-state index contributed by atoms with van der Waals surface area (Å²) in [4.78, 5) is 14.0. The van der Waals surface area contributed by atoms with E-state index in [1.54, 1.807) is 6.07 Å². The number of pyridine rings is 1. The summed E-state index contributed by atoms with van der Waals surface area (Å²) in [7, 11) is 0. The van der Waals surface area contributed by atoms with Crippen LogP contribution in [0.5, 0.6) is 5.75 Å². The number of hydrogen-bond donors (Lipinski definition) is 1. The number of halogens is 4. The molecule has 0 aliphatic heterocycles. The summed E-state index contributed by atoms with van der Waals surface area (Å²) in [5.41, 5.74) is -0.907. The Morgan fingerprint density at radius 3 is 2.65 bits per heavy atom. The highest BCUT2D eigenvalue weighted by molar-refractivity contribution is 6.17. The van der Waals surface area contributed by atoms with Crippen LogP contribution in [-0.4, -0.2) is 11.3 Å². The Morgan fingerprint density at radius 2 is 2.18 bits per heavy atom. The van der Waals surface area contributed by atoms with Crippen molar-refractivity contribution >= 4 is 11.6 Å². The maximum absolute atomic E-state index is 12.0. The number of alkyl halides is 4. The van der Waals surface area contributed by atoms with Crippen molar-refractivity contribution in [2.24, 2.45) is 0 Å². The molecule has 4 nitrogen and oxygen atoms in total. The molecule has 0 radical (unpaired) electrons. The van der Waals surface area contributed by atoms with E-state index in [2.05, 4.69) is 9.72 Å². The van der Waals surface area contributed by atoms with E-state index in [9.17, 15) is 18.0 Å². The molecular formula is C9H6ClF3N2O2. The summed E-state index contributed by atoms with van der Waals surface area (Å²) in [6.07, 6.45) is -4.53. The lowest BCUT2D eigenvalue weighted by Gasteiger charge is -2.10. The molecule has 1 N–H and O–H groups in total. The summed E-state index contributed by atoms with van der Waals surface area (Å²) < 4.78 is 39.4. The molecule has 17 heavy (non-hydrogen) atoms. The van der Waals surface area contributed by atoms with Gasteiger partial charge in [0, 0.05) is 17.5 Å². The smallest absolute Gasteiger partial charge is 0.400 e. The Bertz CT molecular complexity index is 504. The van der Waals surface area contributed by atoms with Crippen molar-refractivity contribution in [3.63, 3.8) is 0 Å². The summed E-state index contributed by atoms with van der Waals surface area (Å²) in [5.74, 6) is -1.02. The van der Waals surface area contributed by atoms with Gasteiger partial charge in [-0.05, 0) is 0 Å². The van der Waals surface area contributed by atoms with Crippen molar-refractivity contribution in [2.45, 2.75) is 18.7 Å². The Balaban J connectivity index is 3.24. The predicted molar refractivity (Wildman–Crippen MR) is 52.6 cm³/mol. The van der Waals surface area contributed by atoms with E-state index < -0.39 is 17.5 Å². The van der Waals surface area contributed by atoms with Crippen LogP contribution < -0.4 is 10.2 Å². The highest BCUT2D eigenvalue weighted by Gasteiger charge is 2.32. The van der Waals surface area contributed by atoms with E-state index in [1.165, 1.54) is 0 Å². The average Bonchev–Trinajstić information content (AvgIpc) is 2.23. The third-order valence-corrected chi connectivity index (χ3v) is 2.12. The van der Waals surface area contributed by atoms with E-state index in [1.807, 2.05) is 0 Å². The van der Waals surface area contributed by atoms with Gasteiger partial charge in [-0.2, -0.15) is 5.26 Å². The van der Waals surface area contributed by atoms with Gasteiger partial charge in [-0.3, -0.25) is 4.79 Å². The van der Waals surface area contributed by atoms with Crippen LogP contribution in [0.15, 0.2) is 11.0 Å². The third kappa shape index (κ3) is 3.39. The first kappa shape index (κ1) is 13.4. The summed E-state index contributed by atoms with van der Waals surface area (Å²) in [6, 6.07) is 1.67. The molecule has 0 spiro atoms. The molecule has 0 bridgehead atoms. The highest BCUT2D eigenvalue weighted by Crippen LogP contribution is 2.20. The number of H-pyrrole nitrogens is 1. The third-order valence-electron chi connectivity index (χ3n) is 1.85. The van der Waals surface area contributed by atoms with Crippen molar-refractivity contribution < 1.29 is 17.9 Å². The minimum Gasteiger partial charge on any atom is -0.400 e. The van der Waals surface area contributed by atoms with Crippen LogP contribution in [0.3, 0.4) is 0 Å². The van der Waals surface area contributed by atoms with E-state index in [-0.39, 0.29) is 23.6 Å². The zero-order valence-corrected chi connectivity index (χ0v) is 9.02. The van der Waals surface area contributed by atoms with Gasteiger partial charge >= 0.3 is 6.36 Å². The van der Waals surface area contributed by atoms with Gasteiger partial charge < -0.3 is 9.72 Å². The number of nitriles is 1. The molecule has 0 atom stereocenters. The normalized spacial score (nSPS) is 11.0. The lowest BCUT2D eigenvalue weighted by Crippen LogP contribution is -2.24. The van der Waals surface area contributed by atoms with Crippen LogP contribution in [0, 0.1) is 11.3 Å². The number of aromatic nitrogens is 1. The van der Waals surface area contributed by atoms with Crippen molar-refractivity contribution in [3.8, 4) is 11.8 Å². The Hall–Kier alpha value is -1.68. The van der Waals surface area contributed by atoms with E-state index in [0.717, 1.165) is 6.20 Å². The van der Waals surface area contributed by atoms with E-state index in [0.29, 0.717) is 0 Å². The molecule has 1 aromatic heterocycles. The first-order chi connectivity index (χ1) is 7.89. The number of nitrogens with zero attached hydrogens (tertiary/aromatic N) is 1. The van der Waals surface area contributed by atoms with Crippen molar-refractivity contribution in [2.75, 3.05) is 0 Å². The molecule has 92 valence electrons. The molecule has 1 rings (SSSR count). The van der Waals surface area contributed by atoms with E-state index in [4.69, 9.17) is 16.9 Å². The average molecular weight is 267 g/mol. The molecule has 1 aromatic rings. The summed E-state index contributed by atoms with van der Waals surface area (Å²) in [5, 5.41) is 8.48. The number of ether oxygens (including phenoxy) is 1. The van der Waals surface area contributed by atoms with Gasteiger partial charge in [0.05, 0.1) is 18.4 Å². The molecule has 0 aliphatic rings. The fourth-order valence-electron chi connectivity index (χ4n) is 1.18. The van der Waals surface area contributed by atoms with Crippen LogP contribution >= 0.6 is 11.6 Å². The quantitative estimate of drug-likeness (QED) is 0.852. The fourth-order valence-corrected chi connectivity index (χ4v) is 1.42. The van der Waals surface area contributed by atoms with Gasteiger partial charge in [0.25, 0.3) is 0 Å². The second kappa shape index (κ2) is 5.10. The van der Waals surface area contributed by atoms with Crippen LogP contribution in [0.2, 0.25) is 0 Å². The Kier molecular flexibility index (Phi) is 4.02. The van der Waals surface area contributed by atoms with E-state index >= 15 is 0 Å². The number of rotatable bonds is 3. The zero-order chi connectivity index (χ0) is 13.1. The van der Waals surface area contributed by atoms with Crippen LogP contribution in [0.25, 0.3) is 0 Å². The molecule has 0 aromatic carbocycles. The molecular weight excluding hydrogens is 261 g/mol. The highest BCUT2D eigenvalue weighted by atomic mass is 35.5. The minimum absolute atomic E-state index is 0.113. The molecule has 0 fully saturated rings. The minimum atomic E-state index is -4.96. The van der Waals surface area contributed by atoms with Crippen molar-refractivity contribution in [1.29, 1.82) is 5.26 Å². The number of hydrogen-bond acceptors (Lipinski definition) is 3. The zero-order valence-electron chi connectivity index (χ0n) is 8.27. The molecule has 8 heteroatoms. The standard InChI is InChI=1S/C9H6ClF3N2O2/c10-3-6-5(1-2-14)8(16)7(4-15-6)17-9(11,12)13/h4H,1,3H2,(H,15,16). The molecule has 0 saturated carbocycles. The van der Waals surface area contributed by atoms with Crippen LogP contribution in [0.4, 0.5) is 13.2 Å². The van der Waals surface area contributed by atoms with Gasteiger partial charge in [-0.25, -0.2) is 0 Å². The first-order valence-corrected chi connectivity index (χ1v) is 4.84. The Morgan fingerprint density at radius 1 is 1.53 bits per heavy atom. The van der Waals surface area contributed by atoms with Gasteiger partial charge in [0.1, 0.15) is 0 Å². The van der Waals surface area contributed by atoms with Crippen molar-refractivity contribution in [3.05, 3.63) is 27.7 Å². The van der Waals surface area contributed by atoms with Crippen LogP contribution in [-0.2, 0) is 12.3 Å². The maximum Gasteiger partial charge on any atom is 0.573 e. The maximum atomic E-state index is 12.0. The molecule has 0 saturated heterocycles. The number of aromatic amines is 1. The SMILES string of the molecule is N#CCc1c(CCl)[nH]cc(OC(F)(F)F)c1=O. The Labute approximate surface area is 98.6 Å². The second-order valence-corrected chi connectivity index (χ2v) is 3.22. The largest absolute Gasteiger partial charge is 0.573 e. The number of nitrogens with one attached hydrogen (secondary N) is 1. The van der Waals surface area contributed by atoms with Gasteiger partial charge in [0.2, 0.25) is 5.43 Å². The topological polar surface area (TPSA) is 65.9 Å². The molecule has 0 amide bonds. The molecule has 0 unspecified atom stereocenters. The van der Waals surface area contributed by atoms with Gasteiger partial charge in [-0.15, -0.1) is 24.8 Å². The van der Waals surface area contributed by atoms with Gasteiger partial charge in [-0.1, -0.05) is 0 Å². The summed E-state index contributed by atoms with van der Waals surface area (Å²) in [6.45, 7) is 0. The van der Waals surface area contributed by atoms with Crippen molar-refractivity contribution in [1.82, 2.24) is 4.98 Å².